The van der Waals surface area contributed by atoms with Gasteiger partial charge in [0.15, 0.2) is 11.5 Å². The first-order chi connectivity index (χ1) is 20.6. The van der Waals surface area contributed by atoms with Crippen molar-refractivity contribution in [3.05, 3.63) is 12.1 Å². The molecular formula is C31H50N4O10. The largest absolute Gasteiger partial charge is 0.488 e. The van der Waals surface area contributed by atoms with Crippen molar-refractivity contribution >= 4 is 30.0 Å². The number of benzene rings is 1. The highest BCUT2D eigenvalue weighted by molar-refractivity contribution is 5.68. The lowest BCUT2D eigenvalue weighted by Gasteiger charge is -2.26. The van der Waals surface area contributed by atoms with E-state index in [1.165, 1.54) is 32.9 Å². The number of likely N-dealkylation sites (N-methyl/N-ethyl adjacent to an activating group) is 3. The van der Waals surface area contributed by atoms with Crippen molar-refractivity contribution in [1.29, 1.82) is 0 Å². The molecule has 0 aliphatic carbocycles. The van der Waals surface area contributed by atoms with Gasteiger partial charge in [-0.05, 0) is 62.3 Å². The first kappa shape index (κ1) is 38.8. The maximum absolute atomic E-state index is 12.4. The standard InChI is InChI=1S/C31H50N4O10/c1-29(2,3)43-26(37)33(10)13-16-40-23-19-22(32-21-36)20-24(41-17-14-34(11)27(38)44-30(4,5)6)25(23)42-18-15-35(12)28(39)45-31(7,8)9/h19-20H,13-18H2,1-12H3. The average Bonchev–Trinajstić information content (AvgIpc) is 2.86. The second-order valence-corrected chi connectivity index (χ2v) is 13.2. The normalized spacial score (nSPS) is 11.5. The summed E-state index contributed by atoms with van der Waals surface area (Å²) in [5.74, 6) is 0.497. The Balaban J connectivity index is 3.20. The first-order valence-electron chi connectivity index (χ1n) is 14.6. The summed E-state index contributed by atoms with van der Waals surface area (Å²) in [6.07, 6.45) is -0.0740. The van der Waals surface area contributed by atoms with E-state index in [4.69, 9.17) is 28.4 Å². The van der Waals surface area contributed by atoms with Gasteiger partial charge in [-0.3, -0.25) is 0 Å². The molecule has 0 aliphatic heterocycles. The zero-order chi connectivity index (χ0) is 34.6. The zero-order valence-corrected chi connectivity index (χ0v) is 28.8. The van der Waals surface area contributed by atoms with Crippen LogP contribution in [-0.4, -0.2) is 116 Å². The Morgan fingerprint density at radius 1 is 0.622 bits per heavy atom. The first-order valence-corrected chi connectivity index (χ1v) is 14.6. The fourth-order valence-corrected chi connectivity index (χ4v) is 3.20. The highest BCUT2D eigenvalue weighted by Crippen LogP contribution is 2.41. The third-order valence-electron chi connectivity index (χ3n) is 5.34. The number of amides is 3. The molecule has 0 aromatic heterocycles. The molecule has 0 spiro atoms. The molecule has 0 heterocycles. The number of rotatable bonds is 13. The predicted molar refractivity (Wildman–Crippen MR) is 167 cm³/mol. The van der Waals surface area contributed by atoms with Crippen molar-refractivity contribution in [1.82, 2.24) is 14.7 Å². The fourth-order valence-electron chi connectivity index (χ4n) is 3.20. The lowest BCUT2D eigenvalue weighted by atomic mass is 10.2. The summed E-state index contributed by atoms with van der Waals surface area (Å²) in [5, 5.41) is 0. The van der Waals surface area contributed by atoms with Crippen molar-refractivity contribution in [2.45, 2.75) is 79.1 Å². The van der Waals surface area contributed by atoms with Crippen molar-refractivity contribution in [2.24, 2.45) is 4.99 Å². The molecule has 0 radical (unpaired) electrons. The van der Waals surface area contributed by atoms with Gasteiger partial charge in [-0.25, -0.2) is 19.2 Å². The molecule has 0 aliphatic rings. The van der Waals surface area contributed by atoms with Crippen molar-refractivity contribution in [3.8, 4) is 17.2 Å². The van der Waals surface area contributed by atoms with E-state index in [2.05, 4.69) is 4.99 Å². The molecule has 1 rings (SSSR count). The molecule has 0 fully saturated rings. The number of aliphatic imine (C=N–C) groups is 1. The van der Waals surface area contributed by atoms with Gasteiger partial charge in [-0.2, -0.15) is 4.99 Å². The van der Waals surface area contributed by atoms with Gasteiger partial charge >= 0.3 is 18.3 Å². The van der Waals surface area contributed by atoms with Crippen LogP contribution in [0.25, 0.3) is 0 Å². The second-order valence-electron chi connectivity index (χ2n) is 13.2. The molecule has 0 saturated carbocycles. The maximum atomic E-state index is 12.4. The lowest BCUT2D eigenvalue weighted by molar-refractivity contribution is 0.0260. The number of hydrogen-bond donors (Lipinski definition) is 0. The van der Waals surface area contributed by atoms with Crippen LogP contribution in [-0.2, 0) is 19.0 Å². The second kappa shape index (κ2) is 16.8. The van der Waals surface area contributed by atoms with E-state index < -0.39 is 35.1 Å². The van der Waals surface area contributed by atoms with E-state index in [1.807, 2.05) is 0 Å². The molecule has 45 heavy (non-hydrogen) atoms. The Bertz CT molecular complexity index is 1130. The van der Waals surface area contributed by atoms with Crippen LogP contribution in [0.5, 0.6) is 17.2 Å². The van der Waals surface area contributed by atoms with Gasteiger partial charge in [0.25, 0.3) is 0 Å². The topological polar surface area (TPSA) is 146 Å². The zero-order valence-electron chi connectivity index (χ0n) is 28.8. The van der Waals surface area contributed by atoms with Gasteiger partial charge in [0.2, 0.25) is 11.8 Å². The number of hydrogen-bond acceptors (Lipinski definition) is 11. The number of carbonyl (C=O) groups is 3. The van der Waals surface area contributed by atoms with E-state index >= 15 is 0 Å². The highest BCUT2D eigenvalue weighted by Gasteiger charge is 2.23. The molecule has 0 saturated heterocycles. The Labute approximate surface area is 266 Å². The molecule has 1 aromatic rings. The Kier molecular flexibility index (Phi) is 14.5. The smallest absolute Gasteiger partial charge is 0.410 e. The summed E-state index contributed by atoms with van der Waals surface area (Å²) >= 11 is 0. The molecule has 254 valence electrons. The highest BCUT2D eigenvalue weighted by atomic mass is 16.6. The average molecular weight is 639 g/mol. The van der Waals surface area contributed by atoms with E-state index in [1.54, 1.807) is 83.5 Å². The van der Waals surface area contributed by atoms with Gasteiger partial charge in [-0.15, -0.1) is 0 Å². The van der Waals surface area contributed by atoms with Gasteiger partial charge in [-0.1, -0.05) is 0 Å². The van der Waals surface area contributed by atoms with E-state index in [0.29, 0.717) is 0 Å². The SMILES string of the molecule is CN(CCOc1cc(N=C=O)cc(OCCN(C)C(=O)OC(C)(C)C)c1OCCN(C)C(=O)OC(C)(C)C)C(=O)OC(C)(C)C. The molecule has 0 bridgehead atoms. The van der Waals surface area contributed by atoms with Crippen LogP contribution in [0, 0.1) is 0 Å². The third-order valence-corrected chi connectivity index (χ3v) is 5.34. The quantitative estimate of drug-likeness (QED) is 0.157. The van der Waals surface area contributed by atoms with Crippen LogP contribution in [0.2, 0.25) is 0 Å². The maximum Gasteiger partial charge on any atom is 0.410 e. The summed E-state index contributed by atoms with van der Waals surface area (Å²) in [6, 6.07) is 2.93. The minimum atomic E-state index is -0.665. The lowest BCUT2D eigenvalue weighted by Crippen LogP contribution is -2.36. The monoisotopic (exact) mass is 638 g/mol. The predicted octanol–water partition coefficient (Wildman–Crippen LogP) is 5.39. The van der Waals surface area contributed by atoms with Gasteiger partial charge in [0.05, 0.1) is 25.3 Å². The Hall–Kier alpha value is -4.19. The van der Waals surface area contributed by atoms with Crippen LogP contribution in [0.3, 0.4) is 0 Å². The van der Waals surface area contributed by atoms with Crippen LogP contribution >= 0.6 is 0 Å². The summed E-state index contributed by atoms with van der Waals surface area (Å²) in [4.78, 5) is 56.0. The van der Waals surface area contributed by atoms with Crippen molar-refractivity contribution in [3.63, 3.8) is 0 Å². The van der Waals surface area contributed by atoms with Crippen LogP contribution < -0.4 is 14.2 Å². The minimum Gasteiger partial charge on any atom is -0.488 e. The molecule has 0 unspecified atom stereocenters. The van der Waals surface area contributed by atoms with Crippen LogP contribution in [0.15, 0.2) is 17.1 Å². The molecule has 14 heteroatoms. The van der Waals surface area contributed by atoms with Crippen LogP contribution in [0.4, 0.5) is 20.1 Å². The number of carbonyl (C=O) groups excluding carboxylic acids is 4. The van der Waals surface area contributed by atoms with E-state index in [-0.39, 0.29) is 62.4 Å². The van der Waals surface area contributed by atoms with Crippen molar-refractivity contribution < 1.29 is 47.6 Å². The molecular weight excluding hydrogens is 588 g/mol. The summed E-state index contributed by atoms with van der Waals surface area (Å²) in [5.41, 5.74) is -1.81. The Morgan fingerprint density at radius 3 is 1.22 bits per heavy atom. The number of nitrogens with zero attached hydrogens (tertiary/aromatic N) is 4. The third kappa shape index (κ3) is 15.9. The summed E-state index contributed by atoms with van der Waals surface area (Å²) in [6.45, 7) is 16.5. The molecule has 0 atom stereocenters. The molecule has 0 N–H and O–H groups in total. The van der Waals surface area contributed by atoms with E-state index in [9.17, 15) is 19.2 Å². The fraction of sp³-hybridized carbons (Fsp3) is 0.677. The number of ether oxygens (including phenoxy) is 6. The van der Waals surface area contributed by atoms with Crippen LogP contribution in [0.1, 0.15) is 62.3 Å². The summed E-state index contributed by atoms with van der Waals surface area (Å²) < 4.78 is 34.1. The van der Waals surface area contributed by atoms with E-state index in [0.717, 1.165) is 0 Å². The Morgan fingerprint density at radius 2 is 0.933 bits per heavy atom. The van der Waals surface area contributed by atoms with Crippen molar-refractivity contribution in [2.75, 3.05) is 60.6 Å². The molecule has 14 nitrogen and oxygen atoms in total. The summed E-state index contributed by atoms with van der Waals surface area (Å²) in [7, 11) is 4.72. The molecule has 3 amide bonds. The van der Waals surface area contributed by atoms with Gasteiger partial charge in [0, 0.05) is 33.3 Å². The van der Waals surface area contributed by atoms with Gasteiger partial charge in [0.1, 0.15) is 36.6 Å². The molecule has 1 aromatic carbocycles. The van der Waals surface area contributed by atoms with Gasteiger partial charge < -0.3 is 43.1 Å². The minimum absolute atomic E-state index is 0.0222. The number of isocyanates is 1.